The van der Waals surface area contributed by atoms with Gasteiger partial charge in [0.25, 0.3) is 6.16 Å². The van der Waals surface area contributed by atoms with Crippen molar-refractivity contribution in [2.45, 2.75) is 6.16 Å². The van der Waals surface area contributed by atoms with E-state index >= 15 is 0 Å². The Morgan fingerprint density at radius 3 is 1.71 bits per heavy atom. The molecule has 0 aromatic rings. The van der Waals surface area contributed by atoms with E-state index in [-0.39, 0.29) is 55.5 Å². The van der Waals surface area contributed by atoms with Crippen LogP contribution in [0.5, 0.6) is 0 Å². The van der Waals surface area contributed by atoms with E-state index in [4.69, 9.17) is 5.11 Å². The summed E-state index contributed by atoms with van der Waals surface area (Å²) in [6.07, 6.45) is -2.50. The van der Waals surface area contributed by atoms with E-state index in [0.717, 1.165) is 0 Å². The fourth-order valence-electron chi connectivity index (χ4n) is 0.0356. The van der Waals surface area contributed by atoms with Crippen molar-refractivity contribution in [1.29, 1.82) is 0 Å². The Bertz CT molecular complexity index is 56.5. The van der Waals surface area contributed by atoms with Crippen LogP contribution in [-0.4, -0.2) is 34.3 Å². The van der Waals surface area contributed by atoms with Crippen LogP contribution in [0.3, 0.4) is 0 Å². The fourth-order valence-corrected chi connectivity index (χ4v) is 0.0356. The third-order valence-corrected chi connectivity index (χ3v) is 0.226. The van der Waals surface area contributed by atoms with Crippen LogP contribution in [-0.2, 0) is 9.78 Å². The van der Waals surface area contributed by atoms with Crippen molar-refractivity contribution in [3.05, 3.63) is 0 Å². The molecule has 0 atom stereocenters. The van der Waals surface area contributed by atoms with Gasteiger partial charge in [0.05, 0.1) is 0 Å². The van der Waals surface area contributed by atoms with Gasteiger partial charge in [0, 0.05) is 0 Å². The van der Waals surface area contributed by atoms with Crippen LogP contribution in [0.1, 0.15) is 2.85 Å². The first-order valence-corrected chi connectivity index (χ1v) is 1.00. The molecule has 1 rings (SSSR count). The van der Waals surface area contributed by atoms with Gasteiger partial charge in [-0.15, -0.1) is 0 Å². The van der Waals surface area contributed by atoms with Gasteiger partial charge in [-0.05, 0) is 0 Å². The standard InChI is InChI=1S/CHO4.Mg.Na.2H/c2-1(3)4-5-1;;;;/h2H;;;;/q-1;+2;+1;2*-1. The summed E-state index contributed by atoms with van der Waals surface area (Å²) in [6.45, 7) is 0. The van der Waals surface area contributed by atoms with Crippen LogP contribution in [0.25, 0.3) is 0 Å². The van der Waals surface area contributed by atoms with Gasteiger partial charge in [0.2, 0.25) is 0 Å². The zero-order valence-electron chi connectivity index (χ0n) is 5.88. The smallest absolute Gasteiger partial charge is 1.00 e. The molecule has 1 aliphatic heterocycles. The van der Waals surface area contributed by atoms with Crippen molar-refractivity contribution in [3.63, 3.8) is 0 Å². The molecule has 1 saturated heterocycles. The third-order valence-electron chi connectivity index (χ3n) is 0.226. The molecular weight excluding hydrogens is 123 g/mol. The monoisotopic (exact) mass is 126 g/mol. The topological polar surface area (TPSA) is 68.3 Å². The van der Waals surface area contributed by atoms with Crippen molar-refractivity contribution in [3.8, 4) is 0 Å². The number of hydrogen-bond acceptors (Lipinski definition) is 4. The van der Waals surface area contributed by atoms with E-state index in [0.29, 0.717) is 0 Å². The maximum atomic E-state index is 9.33. The normalized spacial score (nSPS) is 21.4. The van der Waals surface area contributed by atoms with E-state index in [2.05, 4.69) is 9.78 Å². The van der Waals surface area contributed by atoms with Crippen molar-refractivity contribution < 1.29 is 52.4 Å². The summed E-state index contributed by atoms with van der Waals surface area (Å²) in [4.78, 5) is 6.79. The second-order valence-corrected chi connectivity index (χ2v) is 0.691. The molecule has 0 unspecified atom stereocenters. The number of rotatable bonds is 0. The number of hydrogen-bond donors (Lipinski definition) is 1. The minimum absolute atomic E-state index is 0. The van der Waals surface area contributed by atoms with Crippen LogP contribution in [0.4, 0.5) is 0 Å². The maximum absolute atomic E-state index is 9.33. The summed E-state index contributed by atoms with van der Waals surface area (Å²) in [7, 11) is 0. The number of aliphatic hydroxyl groups is 1. The van der Waals surface area contributed by atoms with E-state index in [1.54, 1.807) is 0 Å². The van der Waals surface area contributed by atoms with Crippen LogP contribution in [0, 0.1) is 0 Å². The molecule has 0 aromatic carbocycles. The van der Waals surface area contributed by atoms with E-state index < -0.39 is 6.16 Å². The third kappa shape index (κ3) is 5.48. The molecule has 0 aliphatic carbocycles. The summed E-state index contributed by atoms with van der Waals surface area (Å²) in [6, 6.07) is 0. The van der Waals surface area contributed by atoms with E-state index in [1.165, 1.54) is 0 Å². The van der Waals surface area contributed by atoms with Gasteiger partial charge >= 0.3 is 52.6 Å². The first-order valence-electron chi connectivity index (χ1n) is 1.00. The average molecular weight is 126 g/mol. The van der Waals surface area contributed by atoms with Crippen molar-refractivity contribution in [1.82, 2.24) is 0 Å². The minimum atomic E-state index is -2.50. The van der Waals surface area contributed by atoms with Gasteiger partial charge in [-0.3, -0.25) is 0 Å². The Kier molecular flexibility index (Phi) is 5.86. The second-order valence-electron chi connectivity index (χ2n) is 0.691. The first kappa shape index (κ1) is 11.4. The quantitative estimate of drug-likeness (QED) is 0.152. The van der Waals surface area contributed by atoms with Gasteiger partial charge in [0.1, 0.15) is 0 Å². The Labute approximate surface area is 81.1 Å². The fraction of sp³-hybridized carbons (Fsp3) is 1.00. The van der Waals surface area contributed by atoms with Gasteiger partial charge < -0.3 is 13.1 Å². The minimum Gasteiger partial charge on any atom is -1.00 e. The Balaban J connectivity index is -0.0000000312. The molecule has 4 nitrogen and oxygen atoms in total. The predicted octanol–water partition coefficient (Wildman–Crippen LogP) is -5.24. The summed E-state index contributed by atoms with van der Waals surface area (Å²) in [5, 5.41) is 17.0. The van der Waals surface area contributed by atoms with E-state index in [1.807, 2.05) is 0 Å². The molecule has 7 heavy (non-hydrogen) atoms. The van der Waals surface area contributed by atoms with Crippen molar-refractivity contribution in [2.75, 3.05) is 0 Å². The molecule has 0 spiro atoms. The zero-order valence-corrected chi connectivity index (χ0v) is 7.29. The molecular formula is CH3MgNaO4. The van der Waals surface area contributed by atoms with Crippen LogP contribution < -0.4 is 34.7 Å². The SMILES string of the molecule is [H-].[H-].[Mg+2].[Na+].[O-]C1(O)OO1. The van der Waals surface area contributed by atoms with Gasteiger partial charge in [-0.25, -0.2) is 0 Å². The maximum Gasteiger partial charge on any atom is 2.00 e. The largest absolute Gasteiger partial charge is 2.00 e. The second kappa shape index (κ2) is 3.60. The van der Waals surface area contributed by atoms with Crippen molar-refractivity contribution in [2.24, 2.45) is 0 Å². The molecule has 0 radical (unpaired) electrons. The molecule has 0 aromatic heterocycles. The van der Waals surface area contributed by atoms with Crippen LogP contribution in [0.15, 0.2) is 0 Å². The molecule has 1 aliphatic rings. The predicted molar refractivity (Wildman–Crippen MR) is 15.1 cm³/mol. The van der Waals surface area contributed by atoms with Crippen molar-refractivity contribution >= 4 is 23.1 Å². The summed E-state index contributed by atoms with van der Waals surface area (Å²) in [5.74, 6) is 0. The van der Waals surface area contributed by atoms with Crippen LogP contribution >= 0.6 is 0 Å². The molecule has 0 amide bonds. The summed E-state index contributed by atoms with van der Waals surface area (Å²) >= 11 is 0. The molecule has 0 bridgehead atoms. The molecule has 6 heteroatoms. The van der Waals surface area contributed by atoms with Gasteiger partial charge in [-0.1, -0.05) is 0 Å². The van der Waals surface area contributed by atoms with Gasteiger partial charge in [-0.2, -0.15) is 9.78 Å². The molecule has 1 heterocycles. The van der Waals surface area contributed by atoms with Gasteiger partial charge in [0.15, 0.2) is 0 Å². The summed E-state index contributed by atoms with van der Waals surface area (Å²) in [5.41, 5.74) is 0. The average Bonchev–Trinajstić information content (AvgIpc) is 1.76. The Hall–Kier alpha value is 1.61. The molecule has 0 saturated carbocycles. The molecule has 34 valence electrons. The first-order chi connectivity index (χ1) is 2.21. The van der Waals surface area contributed by atoms with E-state index in [9.17, 15) is 5.11 Å². The molecule has 1 fully saturated rings. The van der Waals surface area contributed by atoms with Crippen LogP contribution in [0.2, 0.25) is 0 Å². The Morgan fingerprint density at radius 1 is 1.57 bits per heavy atom. The summed E-state index contributed by atoms with van der Waals surface area (Å²) < 4.78 is 0. The molecule has 1 N–H and O–H groups in total. The Morgan fingerprint density at radius 2 is 1.71 bits per heavy atom. The zero-order chi connectivity index (χ0) is 3.91.